The van der Waals surface area contributed by atoms with Crippen LogP contribution in [-0.2, 0) is 0 Å². The van der Waals surface area contributed by atoms with Crippen molar-refractivity contribution < 1.29 is 9.53 Å². The number of fused-ring (bicyclic) bond motifs is 1. The maximum absolute atomic E-state index is 12.4. The highest BCUT2D eigenvalue weighted by Crippen LogP contribution is 2.29. The van der Waals surface area contributed by atoms with Gasteiger partial charge in [0.15, 0.2) is 5.82 Å². The number of aromatic amines is 1. The molecule has 3 aromatic rings. The molecule has 4 N–H and O–H groups in total. The van der Waals surface area contributed by atoms with Crippen LogP contribution in [0.5, 0.6) is 5.75 Å². The largest absolute Gasteiger partial charge is 0.497 e. The van der Waals surface area contributed by atoms with Gasteiger partial charge in [-0.15, -0.1) is 0 Å². The SMILES string of the molecule is COc1ccc2c(C(C)C(=O)c3ncn[nH]3)cccc2c1.N. The maximum atomic E-state index is 12.4. The fourth-order valence-corrected chi connectivity index (χ4v) is 2.46. The first-order valence-corrected chi connectivity index (χ1v) is 6.67. The highest BCUT2D eigenvalue weighted by Gasteiger charge is 2.21. The molecule has 0 aliphatic rings. The third kappa shape index (κ3) is 2.68. The molecule has 0 spiro atoms. The van der Waals surface area contributed by atoms with E-state index in [1.807, 2.05) is 43.3 Å². The summed E-state index contributed by atoms with van der Waals surface area (Å²) in [5, 5.41) is 8.44. The molecule has 1 heterocycles. The molecule has 0 saturated carbocycles. The van der Waals surface area contributed by atoms with Gasteiger partial charge in [0.1, 0.15) is 12.1 Å². The Morgan fingerprint density at radius 3 is 2.77 bits per heavy atom. The second-order valence-electron chi connectivity index (χ2n) is 4.85. The van der Waals surface area contributed by atoms with Crippen molar-refractivity contribution in [3.8, 4) is 5.75 Å². The Bertz CT molecular complexity index is 784. The van der Waals surface area contributed by atoms with Gasteiger partial charge in [0.2, 0.25) is 5.78 Å². The van der Waals surface area contributed by atoms with Gasteiger partial charge in [-0.25, -0.2) is 4.98 Å². The summed E-state index contributed by atoms with van der Waals surface area (Å²) >= 11 is 0. The number of ketones is 1. The molecule has 1 aromatic heterocycles. The van der Waals surface area contributed by atoms with E-state index in [1.165, 1.54) is 6.33 Å². The fourth-order valence-electron chi connectivity index (χ4n) is 2.46. The van der Waals surface area contributed by atoms with Crippen molar-refractivity contribution in [1.29, 1.82) is 0 Å². The van der Waals surface area contributed by atoms with Crippen molar-refractivity contribution in [1.82, 2.24) is 21.3 Å². The van der Waals surface area contributed by atoms with Crippen LogP contribution in [0.25, 0.3) is 10.8 Å². The van der Waals surface area contributed by atoms with Crippen LogP contribution >= 0.6 is 0 Å². The summed E-state index contributed by atoms with van der Waals surface area (Å²) in [5.41, 5.74) is 0.969. The fraction of sp³-hybridized carbons (Fsp3) is 0.188. The first kappa shape index (κ1) is 15.7. The topological polar surface area (TPSA) is 103 Å². The predicted molar refractivity (Wildman–Crippen MR) is 84.7 cm³/mol. The van der Waals surface area contributed by atoms with Crippen LogP contribution < -0.4 is 10.9 Å². The zero-order chi connectivity index (χ0) is 14.8. The van der Waals surface area contributed by atoms with Crippen LogP contribution in [0.3, 0.4) is 0 Å². The Labute approximate surface area is 128 Å². The number of ether oxygens (including phenoxy) is 1. The van der Waals surface area contributed by atoms with E-state index >= 15 is 0 Å². The van der Waals surface area contributed by atoms with Gasteiger partial charge in [-0.1, -0.05) is 31.2 Å². The average Bonchev–Trinajstić information content (AvgIpc) is 3.06. The first-order valence-electron chi connectivity index (χ1n) is 6.67. The number of rotatable bonds is 4. The Morgan fingerprint density at radius 1 is 1.27 bits per heavy atom. The molecule has 6 nitrogen and oxygen atoms in total. The minimum absolute atomic E-state index is 0. The van der Waals surface area contributed by atoms with E-state index in [1.54, 1.807) is 7.11 Å². The highest BCUT2D eigenvalue weighted by atomic mass is 16.5. The van der Waals surface area contributed by atoms with Gasteiger partial charge >= 0.3 is 0 Å². The smallest absolute Gasteiger partial charge is 0.206 e. The van der Waals surface area contributed by atoms with Gasteiger partial charge in [0.25, 0.3) is 0 Å². The number of nitrogens with zero attached hydrogens (tertiary/aromatic N) is 2. The van der Waals surface area contributed by atoms with E-state index in [9.17, 15) is 4.79 Å². The highest BCUT2D eigenvalue weighted by molar-refractivity contribution is 6.01. The summed E-state index contributed by atoms with van der Waals surface area (Å²) in [6, 6.07) is 11.8. The number of aromatic nitrogens is 3. The Morgan fingerprint density at radius 2 is 2.09 bits per heavy atom. The zero-order valence-electron chi connectivity index (χ0n) is 12.5. The third-order valence-corrected chi connectivity index (χ3v) is 3.63. The second-order valence-corrected chi connectivity index (χ2v) is 4.85. The predicted octanol–water partition coefficient (Wildman–Crippen LogP) is 3.11. The van der Waals surface area contributed by atoms with E-state index < -0.39 is 0 Å². The Balaban J connectivity index is 0.00000176. The van der Waals surface area contributed by atoms with Gasteiger partial charge < -0.3 is 10.9 Å². The van der Waals surface area contributed by atoms with Gasteiger partial charge in [0, 0.05) is 5.92 Å². The molecule has 0 aliphatic carbocycles. The normalized spacial score (nSPS) is 11.7. The van der Waals surface area contributed by atoms with Crippen molar-refractivity contribution in [3.05, 3.63) is 54.1 Å². The standard InChI is InChI=1S/C16H15N3O2.H3N/c1-10(15(20)16-17-9-18-19-16)13-5-3-4-11-8-12(21-2)6-7-14(11)13;/h3-10H,1-2H3,(H,17,18,19);1H3. The summed E-state index contributed by atoms with van der Waals surface area (Å²) in [7, 11) is 1.64. The van der Waals surface area contributed by atoms with Crippen LogP contribution in [0.2, 0.25) is 0 Å². The molecule has 0 radical (unpaired) electrons. The molecular formula is C16H18N4O2. The average molecular weight is 298 g/mol. The number of carbonyl (C=O) groups excluding carboxylic acids is 1. The molecule has 0 fully saturated rings. The maximum Gasteiger partial charge on any atom is 0.206 e. The van der Waals surface area contributed by atoms with Crippen molar-refractivity contribution in [2.75, 3.05) is 7.11 Å². The van der Waals surface area contributed by atoms with Crippen molar-refractivity contribution in [2.45, 2.75) is 12.8 Å². The van der Waals surface area contributed by atoms with Crippen LogP contribution in [0.4, 0.5) is 0 Å². The molecule has 22 heavy (non-hydrogen) atoms. The number of H-pyrrole nitrogens is 1. The molecule has 3 rings (SSSR count). The van der Waals surface area contributed by atoms with Gasteiger partial charge in [-0.3, -0.25) is 9.89 Å². The number of benzene rings is 2. The Kier molecular flexibility index (Phi) is 4.53. The first-order chi connectivity index (χ1) is 10.2. The lowest BCUT2D eigenvalue weighted by Gasteiger charge is -2.13. The second kappa shape index (κ2) is 6.36. The zero-order valence-corrected chi connectivity index (χ0v) is 12.5. The number of nitrogens with one attached hydrogen (secondary N) is 1. The molecule has 6 heteroatoms. The molecular weight excluding hydrogens is 280 g/mol. The van der Waals surface area contributed by atoms with Gasteiger partial charge in [0.05, 0.1) is 7.11 Å². The minimum atomic E-state index is -0.296. The number of hydrogen-bond acceptors (Lipinski definition) is 5. The van der Waals surface area contributed by atoms with E-state index in [0.29, 0.717) is 0 Å². The minimum Gasteiger partial charge on any atom is -0.497 e. The summed E-state index contributed by atoms with van der Waals surface area (Å²) < 4.78 is 5.24. The van der Waals surface area contributed by atoms with Crippen LogP contribution in [0.15, 0.2) is 42.7 Å². The lowest BCUT2D eigenvalue weighted by Crippen LogP contribution is -2.12. The lowest BCUT2D eigenvalue weighted by molar-refractivity contribution is 0.0957. The summed E-state index contributed by atoms with van der Waals surface area (Å²) in [4.78, 5) is 16.3. The number of Topliss-reactive ketones (excluding diaryl/α,β-unsaturated/α-hetero) is 1. The molecule has 1 unspecified atom stereocenters. The van der Waals surface area contributed by atoms with Crippen molar-refractivity contribution in [3.63, 3.8) is 0 Å². The van der Waals surface area contributed by atoms with Crippen molar-refractivity contribution >= 4 is 16.6 Å². The third-order valence-electron chi connectivity index (χ3n) is 3.63. The molecule has 0 aliphatic heterocycles. The van der Waals surface area contributed by atoms with Crippen LogP contribution in [-0.4, -0.2) is 28.1 Å². The van der Waals surface area contributed by atoms with Crippen LogP contribution in [0.1, 0.15) is 29.0 Å². The van der Waals surface area contributed by atoms with Gasteiger partial charge in [-0.05, 0) is 28.5 Å². The monoisotopic (exact) mass is 298 g/mol. The number of hydrogen-bond donors (Lipinski definition) is 2. The molecule has 1 atom stereocenters. The van der Waals surface area contributed by atoms with E-state index in [-0.39, 0.29) is 23.7 Å². The molecule has 0 amide bonds. The lowest BCUT2D eigenvalue weighted by atomic mass is 9.91. The molecule has 114 valence electrons. The number of methoxy groups -OCH3 is 1. The summed E-state index contributed by atoms with van der Waals surface area (Å²) in [5.74, 6) is 0.716. The number of carbonyl (C=O) groups is 1. The van der Waals surface area contributed by atoms with E-state index in [4.69, 9.17) is 4.74 Å². The van der Waals surface area contributed by atoms with E-state index in [2.05, 4.69) is 15.2 Å². The van der Waals surface area contributed by atoms with E-state index in [0.717, 1.165) is 22.1 Å². The van der Waals surface area contributed by atoms with Crippen LogP contribution in [0, 0.1) is 0 Å². The molecule has 0 saturated heterocycles. The summed E-state index contributed by atoms with van der Waals surface area (Å²) in [6.45, 7) is 1.88. The molecule has 0 bridgehead atoms. The molecule has 2 aromatic carbocycles. The quantitative estimate of drug-likeness (QED) is 0.720. The Hall–Kier alpha value is -2.73. The van der Waals surface area contributed by atoms with Crippen molar-refractivity contribution in [2.24, 2.45) is 0 Å². The summed E-state index contributed by atoms with van der Waals surface area (Å²) in [6.07, 6.45) is 1.34. The van der Waals surface area contributed by atoms with Gasteiger partial charge in [-0.2, -0.15) is 5.10 Å².